The predicted octanol–water partition coefficient (Wildman–Crippen LogP) is 3.40. The van der Waals surface area contributed by atoms with Crippen molar-refractivity contribution in [2.24, 2.45) is 11.8 Å². The van der Waals surface area contributed by atoms with Gasteiger partial charge in [0.05, 0.1) is 36.4 Å². The van der Waals surface area contributed by atoms with Crippen molar-refractivity contribution in [1.29, 1.82) is 5.26 Å². The van der Waals surface area contributed by atoms with E-state index in [1.807, 2.05) is 19.1 Å². The van der Waals surface area contributed by atoms with Gasteiger partial charge in [0.1, 0.15) is 11.4 Å². The van der Waals surface area contributed by atoms with E-state index < -0.39 is 34.9 Å². The van der Waals surface area contributed by atoms with E-state index in [-0.39, 0.29) is 25.3 Å². The molecule has 1 aliphatic rings. The molecule has 1 fully saturated rings. The molecule has 9 nitrogen and oxygen atoms in total. The summed E-state index contributed by atoms with van der Waals surface area (Å²) in [5.41, 5.74) is 0.320. The first-order valence-corrected chi connectivity index (χ1v) is 11.5. The number of ketones is 1. The third-order valence-electron chi connectivity index (χ3n) is 6.28. The van der Waals surface area contributed by atoms with Crippen LogP contribution in [0.1, 0.15) is 50.9 Å². The second-order valence-corrected chi connectivity index (χ2v) is 10.2. The molecule has 35 heavy (non-hydrogen) atoms. The first kappa shape index (κ1) is 25.9. The van der Waals surface area contributed by atoms with Crippen molar-refractivity contribution in [3.8, 4) is 6.07 Å². The maximum absolute atomic E-state index is 14.1. The van der Waals surface area contributed by atoms with Crippen LogP contribution in [0.5, 0.6) is 0 Å². The molecule has 1 N–H and O–H groups in total. The van der Waals surface area contributed by atoms with Crippen LogP contribution in [0, 0.1) is 23.2 Å². The lowest BCUT2D eigenvalue weighted by Gasteiger charge is -2.40. The summed E-state index contributed by atoms with van der Waals surface area (Å²) < 4.78 is 10.5. The van der Waals surface area contributed by atoms with Gasteiger partial charge in [-0.25, -0.2) is 9.78 Å². The smallest absolute Gasteiger partial charge is 0.410 e. The number of piperidine rings is 1. The predicted molar refractivity (Wildman–Crippen MR) is 127 cm³/mol. The largest absolute Gasteiger partial charge is 0.469 e. The van der Waals surface area contributed by atoms with E-state index in [1.54, 1.807) is 39.1 Å². The van der Waals surface area contributed by atoms with Gasteiger partial charge in [0.2, 0.25) is 0 Å². The standard InChI is InChI=1S/C26H32N4O5/c1-25(2,3)35-24(33)30-14-19(10-20(15-30)23(32)34-5)22(31)26(4,21-13-28-16-29-21)11-17-6-8-18(12-27)9-7-17/h6-9,13,16,19-20H,10-11,14-15H2,1-5H3,(H,28,29). The van der Waals surface area contributed by atoms with Crippen molar-refractivity contribution in [2.75, 3.05) is 20.2 Å². The lowest BCUT2D eigenvalue weighted by Crippen LogP contribution is -2.53. The number of ether oxygens (including phenoxy) is 2. The number of carbonyl (C=O) groups excluding carboxylic acids is 3. The number of rotatable bonds is 6. The molecule has 0 saturated carbocycles. The van der Waals surface area contributed by atoms with Crippen molar-refractivity contribution in [2.45, 2.75) is 51.6 Å². The van der Waals surface area contributed by atoms with Crippen LogP contribution in [-0.2, 0) is 30.9 Å². The van der Waals surface area contributed by atoms with Crippen molar-refractivity contribution in [3.05, 3.63) is 53.6 Å². The summed E-state index contributed by atoms with van der Waals surface area (Å²) in [7, 11) is 1.30. The van der Waals surface area contributed by atoms with Gasteiger partial charge >= 0.3 is 12.1 Å². The van der Waals surface area contributed by atoms with Gasteiger partial charge in [-0.05, 0) is 58.2 Å². The van der Waals surface area contributed by atoms with E-state index >= 15 is 0 Å². The Morgan fingerprint density at radius 1 is 1.14 bits per heavy atom. The summed E-state index contributed by atoms with van der Waals surface area (Å²) in [4.78, 5) is 48.1. The quantitative estimate of drug-likeness (QED) is 0.628. The maximum Gasteiger partial charge on any atom is 0.410 e. The van der Waals surface area contributed by atoms with Crippen molar-refractivity contribution in [1.82, 2.24) is 14.9 Å². The average Bonchev–Trinajstić information content (AvgIpc) is 3.38. The van der Waals surface area contributed by atoms with E-state index in [9.17, 15) is 14.4 Å². The van der Waals surface area contributed by atoms with Crippen molar-refractivity contribution < 1.29 is 23.9 Å². The van der Waals surface area contributed by atoms with Crippen LogP contribution in [0.25, 0.3) is 0 Å². The highest BCUT2D eigenvalue weighted by molar-refractivity contribution is 5.93. The molecular formula is C26H32N4O5. The first-order valence-electron chi connectivity index (χ1n) is 11.5. The number of H-pyrrole nitrogens is 1. The zero-order valence-corrected chi connectivity index (χ0v) is 20.8. The molecule has 0 aliphatic carbocycles. The molecular weight excluding hydrogens is 448 g/mol. The number of aromatic nitrogens is 2. The van der Waals surface area contributed by atoms with Crippen LogP contribution in [0.15, 0.2) is 36.8 Å². The number of nitrogens with one attached hydrogen (secondary N) is 1. The molecule has 1 saturated heterocycles. The molecule has 1 aliphatic heterocycles. The Balaban J connectivity index is 1.94. The van der Waals surface area contributed by atoms with Crippen LogP contribution >= 0.6 is 0 Å². The van der Waals surface area contributed by atoms with E-state index in [0.717, 1.165) is 5.56 Å². The Morgan fingerprint density at radius 2 is 1.80 bits per heavy atom. The maximum atomic E-state index is 14.1. The number of benzene rings is 1. The minimum Gasteiger partial charge on any atom is -0.469 e. The summed E-state index contributed by atoms with van der Waals surface area (Å²) in [5.74, 6) is -1.84. The number of imidazole rings is 1. The number of hydrogen-bond donors (Lipinski definition) is 1. The number of carbonyl (C=O) groups is 3. The van der Waals surface area contributed by atoms with Gasteiger partial charge in [-0.1, -0.05) is 12.1 Å². The van der Waals surface area contributed by atoms with Gasteiger partial charge in [0.15, 0.2) is 0 Å². The Kier molecular flexibility index (Phi) is 7.64. The number of methoxy groups -OCH3 is 1. The lowest BCUT2D eigenvalue weighted by atomic mass is 9.70. The number of amides is 1. The topological polar surface area (TPSA) is 125 Å². The fraction of sp³-hybridized carbons (Fsp3) is 0.500. The van der Waals surface area contributed by atoms with Crippen LogP contribution < -0.4 is 0 Å². The SMILES string of the molecule is COC(=O)C1CC(C(=O)C(C)(Cc2ccc(C#N)cc2)c2cnc[nH]2)CN(C(=O)OC(C)(C)C)C1. The van der Waals surface area contributed by atoms with E-state index in [4.69, 9.17) is 14.7 Å². The Labute approximate surface area is 205 Å². The molecule has 186 valence electrons. The summed E-state index contributed by atoms with van der Waals surface area (Å²) in [6, 6.07) is 9.17. The molecule has 3 atom stereocenters. The average molecular weight is 481 g/mol. The minimum atomic E-state index is -1.01. The van der Waals surface area contributed by atoms with Gasteiger partial charge in [-0.2, -0.15) is 5.26 Å². The van der Waals surface area contributed by atoms with Gasteiger partial charge in [-0.15, -0.1) is 0 Å². The highest BCUT2D eigenvalue weighted by Crippen LogP contribution is 2.35. The summed E-state index contributed by atoms with van der Waals surface area (Å²) in [6.07, 6.45) is 3.19. The summed E-state index contributed by atoms with van der Waals surface area (Å²) in [6.45, 7) is 7.40. The Hall–Kier alpha value is -3.67. The number of likely N-dealkylation sites (tertiary alicyclic amines) is 1. The number of nitrogens with zero attached hydrogens (tertiary/aromatic N) is 3. The zero-order valence-electron chi connectivity index (χ0n) is 20.8. The van der Waals surface area contributed by atoms with Crippen LogP contribution in [-0.4, -0.2) is 58.5 Å². The molecule has 0 radical (unpaired) electrons. The molecule has 2 aromatic rings. The van der Waals surface area contributed by atoms with E-state index in [0.29, 0.717) is 17.7 Å². The van der Waals surface area contributed by atoms with E-state index in [2.05, 4.69) is 16.0 Å². The van der Waals surface area contributed by atoms with Crippen LogP contribution in [0.2, 0.25) is 0 Å². The highest BCUT2D eigenvalue weighted by atomic mass is 16.6. The number of Topliss-reactive ketones (excluding diaryl/α,β-unsaturated/α-hetero) is 1. The van der Waals surface area contributed by atoms with Gasteiger partial charge in [0.25, 0.3) is 0 Å². The molecule has 0 spiro atoms. The normalized spacial score (nSPS) is 19.8. The highest BCUT2D eigenvalue weighted by Gasteiger charge is 2.46. The number of esters is 1. The zero-order chi connectivity index (χ0) is 25.8. The first-order chi connectivity index (χ1) is 16.5. The Morgan fingerprint density at radius 3 is 2.34 bits per heavy atom. The van der Waals surface area contributed by atoms with Crippen molar-refractivity contribution in [3.63, 3.8) is 0 Å². The summed E-state index contributed by atoms with van der Waals surface area (Å²) in [5, 5.41) is 9.10. The third kappa shape index (κ3) is 6.07. The second-order valence-electron chi connectivity index (χ2n) is 10.2. The molecule has 1 amide bonds. The molecule has 2 heterocycles. The number of aromatic amines is 1. The van der Waals surface area contributed by atoms with Gasteiger partial charge < -0.3 is 19.4 Å². The fourth-order valence-electron chi connectivity index (χ4n) is 4.53. The van der Waals surface area contributed by atoms with E-state index in [1.165, 1.54) is 18.3 Å². The molecule has 9 heteroatoms. The minimum absolute atomic E-state index is 0.117. The van der Waals surface area contributed by atoms with Crippen LogP contribution in [0.3, 0.4) is 0 Å². The molecule has 1 aromatic heterocycles. The van der Waals surface area contributed by atoms with Gasteiger partial charge in [0, 0.05) is 30.9 Å². The fourth-order valence-corrected chi connectivity index (χ4v) is 4.53. The second kappa shape index (κ2) is 10.3. The summed E-state index contributed by atoms with van der Waals surface area (Å²) >= 11 is 0. The monoisotopic (exact) mass is 480 g/mol. The van der Waals surface area contributed by atoms with Crippen LogP contribution in [0.4, 0.5) is 4.79 Å². The van der Waals surface area contributed by atoms with Crippen molar-refractivity contribution >= 4 is 17.8 Å². The molecule has 3 unspecified atom stereocenters. The van der Waals surface area contributed by atoms with Gasteiger partial charge in [-0.3, -0.25) is 9.59 Å². The molecule has 1 aromatic carbocycles. The molecule has 3 rings (SSSR count). The third-order valence-corrected chi connectivity index (χ3v) is 6.28. The molecule has 0 bridgehead atoms. The number of nitriles is 1. The lowest BCUT2D eigenvalue weighted by molar-refractivity contribution is -0.149. The Bertz CT molecular complexity index is 1100. The number of hydrogen-bond acceptors (Lipinski definition) is 7.